The smallest absolute Gasteiger partial charge is 0.291 e. The third-order valence-electron chi connectivity index (χ3n) is 4.64. The third-order valence-corrected chi connectivity index (χ3v) is 4.87. The fraction of sp³-hybridized carbons (Fsp3) is 0.167. The second-order valence-electron chi connectivity index (χ2n) is 7.28. The van der Waals surface area contributed by atoms with E-state index in [1.165, 1.54) is 5.56 Å². The van der Waals surface area contributed by atoms with Gasteiger partial charge in [0.1, 0.15) is 23.9 Å². The standard InChI is InChI=1S/C24H22ClN3O4/c1-16-6-8-22(17(2)10-16)31-15-28-13-19(12-26-28)27-24(29)23-9-7-21(32-23)14-30-20-5-3-4-18(25)11-20/h3-13H,14-15H2,1-2H3,(H,27,29). The zero-order valence-electron chi connectivity index (χ0n) is 17.7. The number of furan rings is 1. The van der Waals surface area contributed by atoms with E-state index in [0.717, 1.165) is 11.3 Å². The van der Waals surface area contributed by atoms with Gasteiger partial charge < -0.3 is 19.2 Å². The van der Waals surface area contributed by atoms with Crippen LogP contribution >= 0.6 is 11.6 Å². The van der Waals surface area contributed by atoms with Crippen molar-refractivity contribution < 1.29 is 18.7 Å². The molecule has 164 valence electrons. The summed E-state index contributed by atoms with van der Waals surface area (Å²) in [5, 5.41) is 7.56. The van der Waals surface area contributed by atoms with Crippen LogP contribution in [0.15, 0.2) is 71.4 Å². The summed E-state index contributed by atoms with van der Waals surface area (Å²) in [5.74, 6) is 1.73. The fourth-order valence-electron chi connectivity index (χ4n) is 3.08. The van der Waals surface area contributed by atoms with Gasteiger partial charge in [-0.15, -0.1) is 0 Å². The molecule has 0 saturated heterocycles. The summed E-state index contributed by atoms with van der Waals surface area (Å²) in [6.45, 7) is 4.44. The molecule has 0 aliphatic rings. The summed E-state index contributed by atoms with van der Waals surface area (Å²) < 4.78 is 18.6. The number of benzene rings is 2. The normalized spacial score (nSPS) is 10.7. The number of hydrogen-bond donors (Lipinski definition) is 1. The number of rotatable bonds is 8. The number of amides is 1. The molecular formula is C24H22ClN3O4. The fourth-order valence-corrected chi connectivity index (χ4v) is 3.26. The van der Waals surface area contributed by atoms with Crippen molar-refractivity contribution in [3.05, 3.63) is 94.7 Å². The van der Waals surface area contributed by atoms with Gasteiger partial charge in [0.15, 0.2) is 12.5 Å². The highest BCUT2D eigenvalue weighted by molar-refractivity contribution is 6.30. The molecule has 0 fully saturated rings. The van der Waals surface area contributed by atoms with Crippen LogP contribution in [-0.2, 0) is 13.3 Å². The first kappa shape index (κ1) is 21.5. The molecule has 0 saturated carbocycles. The molecule has 1 amide bonds. The van der Waals surface area contributed by atoms with E-state index in [0.29, 0.717) is 22.2 Å². The molecular weight excluding hydrogens is 430 g/mol. The maximum absolute atomic E-state index is 12.5. The summed E-state index contributed by atoms with van der Waals surface area (Å²) in [6.07, 6.45) is 3.24. The predicted octanol–water partition coefficient (Wildman–Crippen LogP) is 5.61. The van der Waals surface area contributed by atoms with Crippen LogP contribution in [0.1, 0.15) is 27.4 Å². The average molecular weight is 452 g/mol. The number of ether oxygens (including phenoxy) is 2. The first-order valence-corrected chi connectivity index (χ1v) is 10.3. The van der Waals surface area contributed by atoms with Gasteiger partial charge in [0.2, 0.25) is 0 Å². The van der Waals surface area contributed by atoms with Crippen LogP contribution in [0, 0.1) is 13.8 Å². The van der Waals surface area contributed by atoms with Gasteiger partial charge in [-0.2, -0.15) is 5.10 Å². The molecule has 7 nitrogen and oxygen atoms in total. The van der Waals surface area contributed by atoms with Crippen molar-refractivity contribution in [1.29, 1.82) is 0 Å². The Labute approximate surface area is 190 Å². The number of aromatic nitrogens is 2. The van der Waals surface area contributed by atoms with E-state index in [4.69, 9.17) is 25.5 Å². The molecule has 4 aromatic rings. The zero-order chi connectivity index (χ0) is 22.5. The number of anilines is 1. The number of nitrogens with zero attached hydrogens (tertiary/aromatic N) is 2. The van der Waals surface area contributed by atoms with Crippen molar-refractivity contribution in [2.24, 2.45) is 0 Å². The number of halogens is 1. The molecule has 0 atom stereocenters. The van der Waals surface area contributed by atoms with Gasteiger partial charge in [0.05, 0.1) is 18.1 Å². The Bertz CT molecular complexity index is 1230. The largest absolute Gasteiger partial charge is 0.486 e. The van der Waals surface area contributed by atoms with Crippen molar-refractivity contribution in [2.45, 2.75) is 27.2 Å². The molecule has 2 heterocycles. The van der Waals surface area contributed by atoms with Crippen LogP contribution in [0.3, 0.4) is 0 Å². The number of carbonyl (C=O) groups is 1. The second-order valence-corrected chi connectivity index (χ2v) is 7.71. The highest BCUT2D eigenvalue weighted by Gasteiger charge is 2.13. The highest BCUT2D eigenvalue weighted by atomic mass is 35.5. The lowest BCUT2D eigenvalue weighted by Gasteiger charge is -2.09. The van der Waals surface area contributed by atoms with Crippen molar-refractivity contribution in [1.82, 2.24) is 9.78 Å². The minimum Gasteiger partial charge on any atom is -0.486 e. The average Bonchev–Trinajstić information content (AvgIpc) is 3.41. The number of hydrogen-bond acceptors (Lipinski definition) is 5. The predicted molar refractivity (Wildman–Crippen MR) is 121 cm³/mol. The Morgan fingerprint density at radius 1 is 1.12 bits per heavy atom. The molecule has 0 spiro atoms. The number of carbonyl (C=O) groups excluding carboxylic acids is 1. The van der Waals surface area contributed by atoms with Crippen LogP contribution < -0.4 is 14.8 Å². The number of nitrogens with one attached hydrogen (secondary N) is 1. The van der Waals surface area contributed by atoms with Crippen molar-refractivity contribution in [2.75, 3.05) is 5.32 Å². The maximum Gasteiger partial charge on any atom is 0.291 e. The molecule has 0 aliphatic carbocycles. The topological polar surface area (TPSA) is 78.5 Å². The van der Waals surface area contributed by atoms with Crippen LogP contribution in [0.25, 0.3) is 0 Å². The molecule has 8 heteroatoms. The maximum atomic E-state index is 12.5. The van der Waals surface area contributed by atoms with Crippen LogP contribution in [0.4, 0.5) is 5.69 Å². The number of aryl methyl sites for hydroxylation is 2. The molecule has 2 aromatic heterocycles. The van der Waals surface area contributed by atoms with Gasteiger partial charge in [-0.3, -0.25) is 4.79 Å². The lowest BCUT2D eigenvalue weighted by Crippen LogP contribution is -2.10. The Morgan fingerprint density at radius 3 is 2.81 bits per heavy atom. The van der Waals surface area contributed by atoms with Crippen molar-refractivity contribution in [3.63, 3.8) is 0 Å². The van der Waals surface area contributed by atoms with Crippen LogP contribution in [0.2, 0.25) is 5.02 Å². The molecule has 1 N–H and O–H groups in total. The van der Waals surface area contributed by atoms with E-state index in [-0.39, 0.29) is 25.0 Å². The van der Waals surface area contributed by atoms with Crippen molar-refractivity contribution >= 4 is 23.2 Å². The highest BCUT2D eigenvalue weighted by Crippen LogP contribution is 2.21. The van der Waals surface area contributed by atoms with Gasteiger partial charge in [-0.1, -0.05) is 35.4 Å². The lowest BCUT2D eigenvalue weighted by molar-refractivity contribution is 0.0992. The van der Waals surface area contributed by atoms with E-state index in [2.05, 4.69) is 16.5 Å². The Hall–Kier alpha value is -3.71. The van der Waals surface area contributed by atoms with E-state index in [9.17, 15) is 4.79 Å². The Morgan fingerprint density at radius 2 is 2.00 bits per heavy atom. The Balaban J connectivity index is 1.30. The van der Waals surface area contributed by atoms with Crippen LogP contribution in [0.5, 0.6) is 11.5 Å². The quantitative estimate of drug-likeness (QED) is 0.376. The molecule has 32 heavy (non-hydrogen) atoms. The molecule has 0 unspecified atom stereocenters. The zero-order valence-corrected chi connectivity index (χ0v) is 18.4. The minimum atomic E-state index is -0.381. The van der Waals surface area contributed by atoms with Gasteiger partial charge in [0.25, 0.3) is 5.91 Å². The van der Waals surface area contributed by atoms with E-state index in [1.807, 2.05) is 26.0 Å². The molecule has 0 aliphatic heterocycles. The minimum absolute atomic E-state index is 0.175. The monoisotopic (exact) mass is 451 g/mol. The molecule has 4 rings (SSSR count). The molecule has 0 bridgehead atoms. The van der Waals surface area contributed by atoms with Gasteiger partial charge >= 0.3 is 0 Å². The van der Waals surface area contributed by atoms with Gasteiger partial charge in [-0.05, 0) is 55.8 Å². The first-order valence-electron chi connectivity index (χ1n) is 9.97. The third kappa shape index (κ3) is 5.50. The first-order chi connectivity index (χ1) is 15.5. The summed E-state index contributed by atoms with van der Waals surface area (Å²) in [4.78, 5) is 12.5. The second kappa shape index (κ2) is 9.62. The summed E-state index contributed by atoms with van der Waals surface area (Å²) in [6, 6.07) is 16.3. The van der Waals surface area contributed by atoms with Crippen LogP contribution in [-0.4, -0.2) is 15.7 Å². The van der Waals surface area contributed by atoms with Gasteiger partial charge in [0, 0.05) is 5.02 Å². The van der Waals surface area contributed by atoms with E-state index in [1.54, 1.807) is 53.5 Å². The van der Waals surface area contributed by atoms with E-state index >= 15 is 0 Å². The summed E-state index contributed by atoms with van der Waals surface area (Å²) in [5.41, 5.74) is 2.77. The van der Waals surface area contributed by atoms with Gasteiger partial charge in [-0.25, -0.2) is 4.68 Å². The lowest BCUT2D eigenvalue weighted by atomic mass is 10.1. The van der Waals surface area contributed by atoms with Crippen molar-refractivity contribution in [3.8, 4) is 11.5 Å². The van der Waals surface area contributed by atoms with E-state index < -0.39 is 0 Å². The molecule has 2 aromatic carbocycles. The molecule has 0 radical (unpaired) electrons. The summed E-state index contributed by atoms with van der Waals surface area (Å²) in [7, 11) is 0. The SMILES string of the molecule is Cc1ccc(OCn2cc(NC(=O)c3ccc(COc4cccc(Cl)c4)o3)cn2)c(C)c1. The Kier molecular flexibility index (Phi) is 6.47. The summed E-state index contributed by atoms with van der Waals surface area (Å²) >= 11 is 5.94.